The van der Waals surface area contributed by atoms with E-state index in [9.17, 15) is 4.79 Å². The molecule has 1 aromatic carbocycles. The summed E-state index contributed by atoms with van der Waals surface area (Å²) in [6.45, 7) is 4.00. The third-order valence-electron chi connectivity index (χ3n) is 7.32. The molecule has 0 unspecified atom stereocenters. The molecule has 29 heavy (non-hydrogen) atoms. The Bertz CT molecular complexity index is 911. The number of methoxy groups -OCH3 is 1. The molecule has 2 fully saturated rings. The summed E-state index contributed by atoms with van der Waals surface area (Å²) in [4.78, 5) is 15.9. The number of fused-ring (bicyclic) bond motifs is 4. The highest BCUT2D eigenvalue weighted by molar-refractivity contribution is 5.28. The molecule has 3 heterocycles. The first-order valence-corrected chi connectivity index (χ1v) is 11.3. The number of piperidine rings is 1. The molecule has 0 spiro atoms. The van der Waals surface area contributed by atoms with Crippen LogP contribution < -0.4 is 10.3 Å². The lowest BCUT2D eigenvalue weighted by Gasteiger charge is -2.43. The van der Waals surface area contributed by atoms with Gasteiger partial charge in [-0.25, -0.2) is 0 Å². The summed E-state index contributed by atoms with van der Waals surface area (Å²) in [5.41, 5.74) is 4.00. The summed E-state index contributed by atoms with van der Waals surface area (Å²) in [6.07, 6.45) is 7.49. The van der Waals surface area contributed by atoms with E-state index in [0.717, 1.165) is 37.5 Å². The summed E-state index contributed by atoms with van der Waals surface area (Å²) < 4.78 is 7.42. The van der Waals surface area contributed by atoms with Crippen LogP contribution in [-0.2, 0) is 13.1 Å². The molecular formula is C25H32N2O2. The number of likely N-dealkylation sites (tertiary alicyclic amines) is 1. The standard InChI is InChI=1S/C25H32N2O2/c1-29-22-9-7-18(8-10-22)14-26-15-19-13-21(17-26)24-12-11-23(25(28)27(24)16-19)20-5-3-2-4-6-20/h7-12,19-21H,2-6,13-17H2,1H3/t19-,21-/m1/s1. The van der Waals surface area contributed by atoms with Crippen LogP contribution in [0.5, 0.6) is 5.75 Å². The van der Waals surface area contributed by atoms with E-state index in [-0.39, 0.29) is 0 Å². The molecule has 1 aromatic heterocycles. The second kappa shape index (κ2) is 7.98. The molecule has 1 aliphatic carbocycles. The van der Waals surface area contributed by atoms with Crippen molar-refractivity contribution in [3.63, 3.8) is 0 Å². The highest BCUT2D eigenvalue weighted by Gasteiger charge is 2.35. The molecule has 0 amide bonds. The first-order chi connectivity index (χ1) is 14.2. The fraction of sp³-hybridized carbons (Fsp3) is 0.560. The van der Waals surface area contributed by atoms with Crippen molar-refractivity contribution in [1.82, 2.24) is 9.47 Å². The van der Waals surface area contributed by atoms with E-state index >= 15 is 0 Å². The largest absolute Gasteiger partial charge is 0.497 e. The Labute approximate surface area is 173 Å². The minimum atomic E-state index is 0.313. The van der Waals surface area contributed by atoms with Crippen LogP contribution >= 0.6 is 0 Å². The van der Waals surface area contributed by atoms with E-state index in [0.29, 0.717) is 23.3 Å². The lowest BCUT2D eigenvalue weighted by atomic mass is 9.81. The lowest BCUT2D eigenvalue weighted by Crippen LogP contribution is -2.47. The van der Waals surface area contributed by atoms with E-state index in [1.54, 1.807) is 7.11 Å². The summed E-state index contributed by atoms with van der Waals surface area (Å²) in [5.74, 6) is 2.46. The highest BCUT2D eigenvalue weighted by Crippen LogP contribution is 2.37. The van der Waals surface area contributed by atoms with Gasteiger partial charge >= 0.3 is 0 Å². The predicted octanol–water partition coefficient (Wildman–Crippen LogP) is 4.52. The third-order valence-corrected chi connectivity index (χ3v) is 7.32. The Morgan fingerprint density at radius 3 is 2.48 bits per heavy atom. The van der Waals surface area contributed by atoms with E-state index in [4.69, 9.17) is 4.74 Å². The zero-order valence-corrected chi connectivity index (χ0v) is 17.5. The summed E-state index contributed by atoms with van der Waals surface area (Å²) in [6, 6.07) is 12.9. The zero-order chi connectivity index (χ0) is 19.8. The SMILES string of the molecule is COc1ccc(CN2C[C@H]3C[C@H](C2)c2ccc(C4CCCCC4)c(=O)n2C3)cc1. The Hall–Kier alpha value is -2.07. The summed E-state index contributed by atoms with van der Waals surface area (Å²) >= 11 is 0. The van der Waals surface area contributed by atoms with Gasteiger partial charge in [0.1, 0.15) is 5.75 Å². The quantitative estimate of drug-likeness (QED) is 0.767. The maximum atomic E-state index is 13.3. The monoisotopic (exact) mass is 392 g/mol. The molecule has 2 aliphatic heterocycles. The lowest BCUT2D eigenvalue weighted by molar-refractivity contribution is 0.114. The van der Waals surface area contributed by atoms with Gasteiger partial charge in [-0.05, 0) is 54.9 Å². The molecule has 0 radical (unpaired) electrons. The van der Waals surface area contributed by atoms with Crippen LogP contribution in [0.25, 0.3) is 0 Å². The predicted molar refractivity (Wildman–Crippen MR) is 116 cm³/mol. The van der Waals surface area contributed by atoms with Crippen molar-refractivity contribution >= 4 is 0 Å². The van der Waals surface area contributed by atoms with Gasteiger partial charge in [-0.2, -0.15) is 0 Å². The molecule has 4 nitrogen and oxygen atoms in total. The molecule has 154 valence electrons. The van der Waals surface area contributed by atoms with E-state index in [1.807, 2.05) is 12.1 Å². The fourth-order valence-corrected chi connectivity index (χ4v) is 5.90. The third kappa shape index (κ3) is 3.75. The van der Waals surface area contributed by atoms with Crippen molar-refractivity contribution in [2.24, 2.45) is 5.92 Å². The minimum Gasteiger partial charge on any atom is -0.497 e. The Morgan fingerprint density at radius 1 is 0.931 bits per heavy atom. The van der Waals surface area contributed by atoms with E-state index < -0.39 is 0 Å². The van der Waals surface area contributed by atoms with Crippen LogP contribution in [0.2, 0.25) is 0 Å². The van der Waals surface area contributed by atoms with Crippen molar-refractivity contribution in [2.45, 2.75) is 63.5 Å². The number of hydrogen-bond donors (Lipinski definition) is 0. The van der Waals surface area contributed by atoms with Gasteiger partial charge in [-0.3, -0.25) is 9.69 Å². The van der Waals surface area contributed by atoms with Gasteiger partial charge in [0.2, 0.25) is 0 Å². The summed E-state index contributed by atoms with van der Waals surface area (Å²) in [7, 11) is 1.71. The molecule has 2 aromatic rings. The zero-order valence-electron chi connectivity index (χ0n) is 17.5. The normalized spacial score (nSPS) is 24.9. The average Bonchev–Trinajstić information content (AvgIpc) is 2.76. The molecule has 1 saturated carbocycles. The number of pyridine rings is 1. The number of nitrogens with zero attached hydrogens (tertiary/aromatic N) is 2. The maximum Gasteiger partial charge on any atom is 0.254 e. The molecule has 2 bridgehead atoms. The van der Waals surface area contributed by atoms with Gasteiger partial charge in [0.15, 0.2) is 0 Å². The first-order valence-electron chi connectivity index (χ1n) is 11.3. The Balaban J connectivity index is 1.35. The fourth-order valence-electron chi connectivity index (χ4n) is 5.90. The second-order valence-corrected chi connectivity index (χ2v) is 9.31. The molecule has 5 rings (SSSR count). The van der Waals surface area contributed by atoms with Gasteiger partial charge in [-0.15, -0.1) is 0 Å². The van der Waals surface area contributed by atoms with Crippen LogP contribution in [0.4, 0.5) is 0 Å². The Morgan fingerprint density at radius 2 is 1.72 bits per heavy atom. The number of aromatic nitrogens is 1. The molecule has 1 saturated heterocycles. The van der Waals surface area contributed by atoms with Crippen molar-refractivity contribution in [3.8, 4) is 5.75 Å². The second-order valence-electron chi connectivity index (χ2n) is 9.31. The van der Waals surface area contributed by atoms with Gasteiger partial charge < -0.3 is 9.30 Å². The maximum absolute atomic E-state index is 13.3. The van der Waals surface area contributed by atoms with Crippen LogP contribution in [0.15, 0.2) is 41.2 Å². The number of hydrogen-bond acceptors (Lipinski definition) is 3. The smallest absolute Gasteiger partial charge is 0.254 e. The van der Waals surface area contributed by atoms with Crippen molar-refractivity contribution in [2.75, 3.05) is 20.2 Å². The molecule has 0 N–H and O–H groups in total. The molecule has 3 aliphatic rings. The van der Waals surface area contributed by atoms with Crippen LogP contribution in [0.3, 0.4) is 0 Å². The topological polar surface area (TPSA) is 34.5 Å². The number of ether oxygens (including phenoxy) is 1. The van der Waals surface area contributed by atoms with E-state index in [2.05, 4.69) is 33.7 Å². The number of rotatable bonds is 4. The van der Waals surface area contributed by atoms with Crippen molar-refractivity contribution in [1.29, 1.82) is 0 Å². The summed E-state index contributed by atoms with van der Waals surface area (Å²) in [5, 5.41) is 0. The van der Waals surface area contributed by atoms with E-state index in [1.165, 1.54) is 49.8 Å². The van der Waals surface area contributed by atoms with Crippen LogP contribution in [-0.4, -0.2) is 29.7 Å². The van der Waals surface area contributed by atoms with Gasteiger partial charge in [0, 0.05) is 43.4 Å². The average molecular weight is 393 g/mol. The molecule has 4 heteroatoms. The Kier molecular flexibility index (Phi) is 5.21. The van der Waals surface area contributed by atoms with Crippen LogP contribution in [0, 0.1) is 5.92 Å². The number of benzene rings is 1. The van der Waals surface area contributed by atoms with Gasteiger partial charge in [-0.1, -0.05) is 37.5 Å². The molecular weight excluding hydrogens is 360 g/mol. The molecule has 2 atom stereocenters. The van der Waals surface area contributed by atoms with Crippen LogP contribution in [0.1, 0.15) is 67.2 Å². The highest BCUT2D eigenvalue weighted by atomic mass is 16.5. The van der Waals surface area contributed by atoms with Gasteiger partial charge in [0.05, 0.1) is 7.11 Å². The first kappa shape index (κ1) is 18.9. The van der Waals surface area contributed by atoms with Gasteiger partial charge in [0.25, 0.3) is 5.56 Å². The minimum absolute atomic E-state index is 0.313. The van der Waals surface area contributed by atoms with Crippen molar-refractivity contribution < 1.29 is 4.74 Å². The van der Waals surface area contributed by atoms with Crippen molar-refractivity contribution in [3.05, 3.63) is 63.6 Å².